The van der Waals surface area contributed by atoms with Crippen LogP contribution in [0.4, 0.5) is 17.1 Å². The van der Waals surface area contributed by atoms with Gasteiger partial charge in [0.15, 0.2) is 0 Å². The minimum absolute atomic E-state index is 1.10. The van der Waals surface area contributed by atoms with Crippen LogP contribution in [0.2, 0.25) is 0 Å². The largest absolute Gasteiger partial charge is 0.310 e. The normalized spacial score (nSPS) is 11.6. The van der Waals surface area contributed by atoms with Gasteiger partial charge in [-0.3, -0.25) is 0 Å². The van der Waals surface area contributed by atoms with Gasteiger partial charge in [0.1, 0.15) is 0 Å². The van der Waals surface area contributed by atoms with Gasteiger partial charge in [0.25, 0.3) is 0 Å². The van der Waals surface area contributed by atoms with Crippen molar-refractivity contribution in [2.75, 3.05) is 4.90 Å². The zero-order valence-corrected chi connectivity index (χ0v) is 33.5. The average molecular weight is 774 g/mol. The van der Waals surface area contributed by atoms with Crippen LogP contribution in [0.3, 0.4) is 0 Å². The number of benzene rings is 12. The van der Waals surface area contributed by atoms with Crippen molar-refractivity contribution in [3.05, 3.63) is 237 Å². The molecule has 1 nitrogen and oxygen atoms in total. The van der Waals surface area contributed by atoms with Gasteiger partial charge in [-0.15, -0.1) is 0 Å². The summed E-state index contributed by atoms with van der Waals surface area (Å²) in [4.78, 5) is 2.46. The highest BCUT2D eigenvalue weighted by atomic mass is 15.1. The molecule has 0 radical (unpaired) electrons. The average Bonchev–Trinajstić information content (AvgIpc) is 3.34. The predicted molar refractivity (Wildman–Crippen MR) is 262 cm³/mol. The van der Waals surface area contributed by atoms with Crippen molar-refractivity contribution in [2.24, 2.45) is 0 Å². The van der Waals surface area contributed by atoms with E-state index in [-0.39, 0.29) is 0 Å². The van der Waals surface area contributed by atoms with Gasteiger partial charge in [-0.25, -0.2) is 0 Å². The minimum atomic E-state index is 1.10. The lowest BCUT2D eigenvalue weighted by Gasteiger charge is -2.28. The fourth-order valence-electron chi connectivity index (χ4n) is 9.87. The van der Waals surface area contributed by atoms with Crippen LogP contribution in [0.1, 0.15) is 0 Å². The van der Waals surface area contributed by atoms with Gasteiger partial charge in [-0.1, -0.05) is 206 Å². The van der Waals surface area contributed by atoms with Crippen molar-refractivity contribution in [1.82, 2.24) is 0 Å². The summed E-state index contributed by atoms with van der Waals surface area (Å²) >= 11 is 0. The Hall–Kier alpha value is -8.00. The predicted octanol–water partition coefficient (Wildman–Crippen LogP) is 17.1. The highest BCUT2D eigenvalue weighted by Crippen LogP contribution is 2.46. The summed E-state index contributed by atoms with van der Waals surface area (Å²) in [6, 6.07) is 86.8. The fourth-order valence-corrected chi connectivity index (χ4v) is 9.87. The molecule has 0 spiro atoms. The Morgan fingerprint density at radius 2 is 0.689 bits per heavy atom. The molecule has 0 aliphatic heterocycles. The van der Waals surface area contributed by atoms with E-state index in [1.807, 2.05) is 0 Å². The molecule has 0 aliphatic rings. The third-order valence-corrected chi connectivity index (χ3v) is 12.6. The van der Waals surface area contributed by atoms with Gasteiger partial charge < -0.3 is 4.90 Å². The van der Waals surface area contributed by atoms with Crippen LogP contribution < -0.4 is 4.90 Å². The lowest BCUT2D eigenvalue weighted by atomic mass is 9.91. The number of hydrogen-bond donors (Lipinski definition) is 0. The SMILES string of the molecule is c1ccc(-c2cccc3cccc(-c4ccc(N(c5ccc6c7ccccc7c7ccccc7c6c5)c5ccc(-c6cccc7ccccc67)c6ccccc56)cc4)c23)cc1. The summed E-state index contributed by atoms with van der Waals surface area (Å²) < 4.78 is 0. The van der Waals surface area contributed by atoms with Crippen LogP contribution in [0, 0.1) is 0 Å². The minimum Gasteiger partial charge on any atom is -0.310 e. The summed E-state index contributed by atoms with van der Waals surface area (Å²) in [7, 11) is 0. The Bertz CT molecular complexity index is 3590. The molecule has 1 heteroatoms. The Labute approximate surface area is 355 Å². The van der Waals surface area contributed by atoms with Crippen molar-refractivity contribution < 1.29 is 0 Å². The summed E-state index contributed by atoms with van der Waals surface area (Å²) in [6.07, 6.45) is 0. The summed E-state index contributed by atoms with van der Waals surface area (Å²) in [5.74, 6) is 0. The molecule has 0 aliphatic carbocycles. The number of anilines is 3. The standard InChI is InChI=1S/C60H39N/c1-2-15-41(16-3-1)47-28-13-19-43-20-14-29-48(60(43)47)42-31-33-44(34-32-42)61(45-35-36-56-52-24-7-6-22-50(52)51-23-8-9-26-54(51)58(56)39-45)59-38-37-55(53-25-10-11-27-57(53)59)49-30-12-18-40-17-4-5-21-46(40)49/h1-39H. The van der Waals surface area contributed by atoms with Gasteiger partial charge >= 0.3 is 0 Å². The second-order valence-electron chi connectivity index (χ2n) is 16.0. The molecule has 0 unspecified atom stereocenters. The first-order chi connectivity index (χ1) is 30.3. The monoisotopic (exact) mass is 773 g/mol. The molecule has 12 aromatic rings. The van der Waals surface area contributed by atoms with Crippen LogP contribution in [0.25, 0.3) is 98.0 Å². The van der Waals surface area contributed by atoms with Gasteiger partial charge in [-0.05, 0) is 123 Å². The van der Waals surface area contributed by atoms with Crippen LogP contribution in [-0.2, 0) is 0 Å². The molecule has 0 N–H and O–H groups in total. The molecule has 12 aromatic carbocycles. The number of rotatable bonds is 6. The quantitative estimate of drug-likeness (QED) is 0.152. The van der Waals surface area contributed by atoms with Crippen molar-refractivity contribution in [2.45, 2.75) is 0 Å². The van der Waals surface area contributed by atoms with E-state index in [1.165, 1.54) is 98.0 Å². The van der Waals surface area contributed by atoms with Crippen LogP contribution in [0.5, 0.6) is 0 Å². The maximum Gasteiger partial charge on any atom is 0.0540 e. The lowest BCUT2D eigenvalue weighted by molar-refractivity contribution is 1.30. The third kappa shape index (κ3) is 5.78. The van der Waals surface area contributed by atoms with Gasteiger partial charge in [0.05, 0.1) is 5.69 Å². The molecular formula is C60H39N. The zero-order chi connectivity index (χ0) is 40.3. The van der Waals surface area contributed by atoms with E-state index in [0.29, 0.717) is 0 Å². The Kier molecular flexibility index (Phi) is 8.25. The maximum atomic E-state index is 2.46. The summed E-state index contributed by atoms with van der Waals surface area (Å²) in [5, 5.41) is 15.0. The van der Waals surface area contributed by atoms with Crippen molar-refractivity contribution in [3.8, 4) is 33.4 Å². The van der Waals surface area contributed by atoms with Crippen LogP contribution in [-0.4, -0.2) is 0 Å². The van der Waals surface area contributed by atoms with E-state index in [1.54, 1.807) is 0 Å². The number of hydrogen-bond acceptors (Lipinski definition) is 1. The van der Waals surface area contributed by atoms with Crippen molar-refractivity contribution in [3.63, 3.8) is 0 Å². The molecule has 0 heterocycles. The van der Waals surface area contributed by atoms with Crippen LogP contribution >= 0.6 is 0 Å². The molecule has 61 heavy (non-hydrogen) atoms. The van der Waals surface area contributed by atoms with E-state index in [2.05, 4.69) is 241 Å². The number of nitrogens with zero attached hydrogens (tertiary/aromatic N) is 1. The molecule has 12 rings (SSSR count). The Balaban J connectivity index is 1.08. The molecule has 0 saturated heterocycles. The fraction of sp³-hybridized carbons (Fsp3) is 0. The van der Waals surface area contributed by atoms with E-state index < -0.39 is 0 Å². The van der Waals surface area contributed by atoms with E-state index in [9.17, 15) is 0 Å². The highest BCUT2D eigenvalue weighted by molar-refractivity contribution is 6.26. The first kappa shape index (κ1) is 35.0. The smallest absolute Gasteiger partial charge is 0.0540 e. The molecule has 0 amide bonds. The second-order valence-corrected chi connectivity index (χ2v) is 16.0. The van der Waals surface area contributed by atoms with E-state index >= 15 is 0 Å². The van der Waals surface area contributed by atoms with E-state index in [4.69, 9.17) is 0 Å². The van der Waals surface area contributed by atoms with Crippen molar-refractivity contribution in [1.29, 1.82) is 0 Å². The van der Waals surface area contributed by atoms with Gasteiger partial charge in [0, 0.05) is 16.8 Å². The molecule has 0 bridgehead atoms. The molecule has 0 saturated carbocycles. The summed E-state index contributed by atoms with van der Waals surface area (Å²) in [6.45, 7) is 0. The molecule has 0 fully saturated rings. The number of fused-ring (bicyclic) bond motifs is 9. The first-order valence-corrected chi connectivity index (χ1v) is 21.1. The second kappa shape index (κ2) is 14.4. The Morgan fingerprint density at radius 3 is 1.36 bits per heavy atom. The summed E-state index contributed by atoms with van der Waals surface area (Å²) in [5.41, 5.74) is 10.7. The Morgan fingerprint density at radius 1 is 0.230 bits per heavy atom. The topological polar surface area (TPSA) is 3.24 Å². The van der Waals surface area contributed by atoms with Crippen molar-refractivity contribution >= 4 is 81.7 Å². The molecule has 284 valence electrons. The van der Waals surface area contributed by atoms with E-state index in [0.717, 1.165) is 17.1 Å². The molecular weight excluding hydrogens is 735 g/mol. The van der Waals surface area contributed by atoms with Gasteiger partial charge in [-0.2, -0.15) is 0 Å². The molecule has 0 aromatic heterocycles. The first-order valence-electron chi connectivity index (χ1n) is 21.1. The lowest BCUT2D eigenvalue weighted by Crippen LogP contribution is -2.10. The third-order valence-electron chi connectivity index (χ3n) is 12.6. The maximum absolute atomic E-state index is 2.46. The van der Waals surface area contributed by atoms with Crippen LogP contribution in [0.15, 0.2) is 237 Å². The highest BCUT2D eigenvalue weighted by Gasteiger charge is 2.20. The molecule has 0 atom stereocenters. The van der Waals surface area contributed by atoms with Gasteiger partial charge in [0.2, 0.25) is 0 Å². The zero-order valence-electron chi connectivity index (χ0n) is 33.5.